The van der Waals surface area contributed by atoms with Gasteiger partial charge in [0.25, 0.3) is 15.6 Å². The normalized spacial score (nSPS) is 12.1. The van der Waals surface area contributed by atoms with Gasteiger partial charge in [-0.3, -0.25) is 9.36 Å². The molecular formula is C21H13F5N4O4S2. The van der Waals surface area contributed by atoms with Crippen LogP contribution in [0.2, 0.25) is 0 Å². The third-order valence-corrected chi connectivity index (χ3v) is 6.84. The summed E-state index contributed by atoms with van der Waals surface area (Å²) in [7, 11) is -3.40. The van der Waals surface area contributed by atoms with Crippen molar-refractivity contribution in [1.82, 2.24) is 14.5 Å². The molecular weight excluding hydrogens is 531 g/mol. The average molecular weight is 544 g/mol. The van der Waals surface area contributed by atoms with Gasteiger partial charge in [-0.1, -0.05) is 0 Å². The van der Waals surface area contributed by atoms with E-state index in [1.54, 1.807) is 0 Å². The summed E-state index contributed by atoms with van der Waals surface area (Å²) in [6.45, 7) is 0. The van der Waals surface area contributed by atoms with Crippen LogP contribution in [0.5, 0.6) is 5.75 Å². The first-order valence-electron chi connectivity index (χ1n) is 9.68. The number of rotatable bonds is 6. The maximum Gasteiger partial charge on any atom is 0.446 e. The van der Waals surface area contributed by atoms with E-state index in [0.29, 0.717) is 6.07 Å². The molecule has 0 fully saturated rings. The lowest BCUT2D eigenvalue weighted by Gasteiger charge is -2.17. The summed E-state index contributed by atoms with van der Waals surface area (Å²) in [6.07, 6.45) is 2.54. The maximum atomic E-state index is 15.0. The number of anilines is 1. The van der Waals surface area contributed by atoms with Gasteiger partial charge in [0.1, 0.15) is 22.3 Å². The standard InChI is InChI=1S/C21H13F5N4O4S2/c1-34-16-10-17(35-21(24,25)26)12(22)8-15(16)30-14-9-13(23)18(7-11(14)3-4-19(30)31)36(32,33)29-20-27-5-2-6-28-20/h2-10H,1H3,(H,27,28,29). The molecule has 0 saturated heterocycles. The summed E-state index contributed by atoms with van der Waals surface area (Å²) >= 11 is -0.710. The molecule has 0 aliphatic carbocycles. The van der Waals surface area contributed by atoms with Gasteiger partial charge in [-0.05, 0) is 36.0 Å². The zero-order valence-electron chi connectivity index (χ0n) is 17.9. The monoisotopic (exact) mass is 544 g/mol. The molecule has 0 radical (unpaired) electrons. The summed E-state index contributed by atoms with van der Waals surface area (Å²) in [5, 5.41) is 0.0431. The Morgan fingerprint density at radius 2 is 1.72 bits per heavy atom. The average Bonchev–Trinajstić information content (AvgIpc) is 2.79. The highest BCUT2D eigenvalue weighted by Crippen LogP contribution is 2.41. The number of thioether (sulfide) groups is 1. The number of fused-ring (bicyclic) bond motifs is 1. The highest BCUT2D eigenvalue weighted by molar-refractivity contribution is 8.00. The number of halogens is 5. The minimum atomic E-state index is -4.78. The van der Waals surface area contributed by atoms with Crippen LogP contribution in [-0.4, -0.2) is 35.6 Å². The number of benzene rings is 2. The van der Waals surface area contributed by atoms with E-state index in [0.717, 1.165) is 35.9 Å². The number of aromatic nitrogens is 3. The van der Waals surface area contributed by atoms with E-state index in [2.05, 4.69) is 9.97 Å². The van der Waals surface area contributed by atoms with Crippen molar-refractivity contribution in [2.75, 3.05) is 11.8 Å². The molecule has 8 nitrogen and oxygen atoms in total. The number of pyridine rings is 1. The molecule has 1 N–H and O–H groups in total. The second-order valence-corrected chi connectivity index (χ2v) is 9.79. The predicted molar refractivity (Wildman–Crippen MR) is 121 cm³/mol. The van der Waals surface area contributed by atoms with Crippen LogP contribution in [0.4, 0.5) is 27.9 Å². The van der Waals surface area contributed by atoms with Crippen LogP contribution in [-0.2, 0) is 10.0 Å². The van der Waals surface area contributed by atoms with Crippen molar-refractivity contribution in [3.63, 3.8) is 0 Å². The molecule has 0 aliphatic rings. The van der Waals surface area contributed by atoms with Crippen molar-refractivity contribution in [1.29, 1.82) is 0 Å². The van der Waals surface area contributed by atoms with Gasteiger partial charge in [-0.15, -0.1) is 0 Å². The molecule has 0 atom stereocenters. The fourth-order valence-electron chi connectivity index (χ4n) is 3.29. The first-order valence-corrected chi connectivity index (χ1v) is 12.0. The van der Waals surface area contributed by atoms with Gasteiger partial charge in [-0.2, -0.15) is 13.2 Å². The first-order chi connectivity index (χ1) is 16.9. The number of hydrogen-bond acceptors (Lipinski definition) is 7. The molecule has 188 valence electrons. The summed E-state index contributed by atoms with van der Waals surface area (Å²) in [5.41, 5.74) is -6.10. The van der Waals surface area contributed by atoms with Crippen LogP contribution in [0.1, 0.15) is 0 Å². The molecule has 2 heterocycles. The Hall–Kier alpha value is -3.72. The molecule has 0 bridgehead atoms. The smallest absolute Gasteiger partial charge is 0.446 e. The zero-order valence-corrected chi connectivity index (χ0v) is 19.5. The Bertz CT molecular complexity index is 1630. The van der Waals surface area contributed by atoms with Gasteiger partial charge in [0, 0.05) is 36.0 Å². The number of ether oxygens (including phenoxy) is 1. The molecule has 0 aliphatic heterocycles. The topological polar surface area (TPSA) is 103 Å². The van der Waals surface area contributed by atoms with E-state index < -0.39 is 54.3 Å². The van der Waals surface area contributed by atoms with Crippen LogP contribution in [0.25, 0.3) is 16.6 Å². The highest BCUT2D eigenvalue weighted by Gasteiger charge is 2.32. The van der Waals surface area contributed by atoms with Crippen molar-refractivity contribution in [3.05, 3.63) is 76.8 Å². The molecule has 0 unspecified atom stereocenters. The van der Waals surface area contributed by atoms with Crippen molar-refractivity contribution in [2.45, 2.75) is 15.3 Å². The highest BCUT2D eigenvalue weighted by atomic mass is 32.2. The van der Waals surface area contributed by atoms with Gasteiger partial charge in [-0.25, -0.2) is 31.9 Å². The SMILES string of the molecule is COc1cc(SC(F)(F)F)c(F)cc1-n1c(=O)ccc2cc(S(=O)(=O)Nc3ncccn3)c(F)cc21. The first kappa shape index (κ1) is 25.4. The third kappa shape index (κ3) is 5.11. The molecule has 2 aromatic carbocycles. The maximum absolute atomic E-state index is 15.0. The Morgan fingerprint density at radius 3 is 2.36 bits per heavy atom. The lowest BCUT2D eigenvalue weighted by molar-refractivity contribution is -0.0329. The van der Waals surface area contributed by atoms with E-state index in [1.165, 1.54) is 24.5 Å². The van der Waals surface area contributed by atoms with Crippen LogP contribution in [0, 0.1) is 11.6 Å². The fourth-order valence-corrected chi connectivity index (χ4v) is 4.91. The Morgan fingerprint density at radius 1 is 1.03 bits per heavy atom. The second-order valence-electron chi connectivity index (χ2n) is 7.03. The fraction of sp³-hybridized carbons (Fsp3) is 0.0952. The minimum absolute atomic E-state index is 0.0431. The van der Waals surface area contributed by atoms with Gasteiger partial charge < -0.3 is 4.74 Å². The quantitative estimate of drug-likeness (QED) is 0.282. The number of alkyl halides is 3. The van der Waals surface area contributed by atoms with Gasteiger partial charge >= 0.3 is 5.51 Å². The van der Waals surface area contributed by atoms with Crippen LogP contribution < -0.4 is 15.0 Å². The number of hydrogen-bond donors (Lipinski definition) is 1. The Balaban J connectivity index is 1.89. The Kier molecular flexibility index (Phi) is 6.62. The molecule has 36 heavy (non-hydrogen) atoms. The molecule has 0 amide bonds. The molecule has 2 aromatic heterocycles. The summed E-state index contributed by atoms with van der Waals surface area (Å²) in [4.78, 5) is 18.5. The lowest BCUT2D eigenvalue weighted by atomic mass is 10.2. The van der Waals surface area contributed by atoms with Gasteiger partial charge in [0.15, 0.2) is 0 Å². The van der Waals surface area contributed by atoms with E-state index in [-0.39, 0.29) is 28.3 Å². The predicted octanol–water partition coefficient (Wildman–Crippen LogP) is 4.48. The molecule has 15 heteroatoms. The lowest BCUT2D eigenvalue weighted by Crippen LogP contribution is -2.20. The number of nitrogens with one attached hydrogen (secondary N) is 1. The number of nitrogens with zero attached hydrogens (tertiary/aromatic N) is 3. The van der Waals surface area contributed by atoms with E-state index in [4.69, 9.17) is 4.74 Å². The summed E-state index contributed by atoms with van der Waals surface area (Å²) in [5.74, 6) is -3.19. The van der Waals surface area contributed by atoms with E-state index in [9.17, 15) is 30.8 Å². The third-order valence-electron chi connectivity index (χ3n) is 4.73. The van der Waals surface area contributed by atoms with E-state index in [1.807, 2.05) is 4.72 Å². The van der Waals surface area contributed by atoms with Crippen molar-refractivity contribution < 1.29 is 35.1 Å². The van der Waals surface area contributed by atoms with Crippen molar-refractivity contribution in [2.24, 2.45) is 0 Å². The number of sulfonamides is 1. The largest absolute Gasteiger partial charge is 0.495 e. The molecule has 0 saturated carbocycles. The van der Waals surface area contributed by atoms with Crippen LogP contribution in [0.15, 0.2) is 69.4 Å². The molecule has 4 rings (SSSR count). The molecule has 0 spiro atoms. The van der Waals surface area contributed by atoms with Crippen LogP contribution in [0.3, 0.4) is 0 Å². The second kappa shape index (κ2) is 9.39. The van der Waals surface area contributed by atoms with Crippen molar-refractivity contribution >= 4 is 38.6 Å². The zero-order chi connectivity index (χ0) is 26.3. The minimum Gasteiger partial charge on any atom is -0.495 e. The number of methoxy groups -OCH3 is 1. The summed E-state index contributed by atoms with van der Waals surface area (Å²) in [6, 6.07) is 6.72. The molecule has 4 aromatic rings. The van der Waals surface area contributed by atoms with E-state index >= 15 is 4.39 Å². The van der Waals surface area contributed by atoms with Gasteiger partial charge in [0.2, 0.25) is 5.95 Å². The van der Waals surface area contributed by atoms with Crippen LogP contribution >= 0.6 is 11.8 Å². The summed E-state index contributed by atoms with van der Waals surface area (Å²) < 4.78 is 101. The Labute approximate surface area is 203 Å². The van der Waals surface area contributed by atoms with Crippen molar-refractivity contribution in [3.8, 4) is 11.4 Å². The van der Waals surface area contributed by atoms with Gasteiger partial charge in [0.05, 0.1) is 23.2 Å².